The summed E-state index contributed by atoms with van der Waals surface area (Å²) in [5, 5.41) is 0. The number of carbonyl (C=O) groups excluding carboxylic acids is 1. The maximum atomic E-state index is 11.9. The normalized spacial score (nSPS) is 25.1. The number of thioether (sulfide) groups is 1. The fourth-order valence-electron chi connectivity index (χ4n) is 4.02. The highest BCUT2D eigenvalue weighted by Crippen LogP contribution is 2.31. The molecule has 0 aromatic carbocycles. The van der Waals surface area contributed by atoms with Crippen molar-refractivity contribution >= 4 is 34.4 Å². The molecule has 24 heavy (non-hydrogen) atoms. The van der Waals surface area contributed by atoms with Gasteiger partial charge in [-0.05, 0) is 32.6 Å². The second-order valence-corrected chi connectivity index (χ2v) is 8.53. The van der Waals surface area contributed by atoms with E-state index >= 15 is 0 Å². The molecule has 2 aliphatic heterocycles. The van der Waals surface area contributed by atoms with Crippen molar-refractivity contribution in [2.24, 2.45) is 0 Å². The second-order valence-electron chi connectivity index (χ2n) is 6.95. The summed E-state index contributed by atoms with van der Waals surface area (Å²) >= 11 is 7.46. The molecule has 0 atom stereocenters. The van der Waals surface area contributed by atoms with Gasteiger partial charge in [-0.3, -0.25) is 4.90 Å². The first kappa shape index (κ1) is 18.3. The van der Waals surface area contributed by atoms with Crippen LogP contribution in [0.3, 0.4) is 0 Å². The van der Waals surface area contributed by atoms with E-state index in [-0.39, 0.29) is 6.09 Å². The first-order chi connectivity index (χ1) is 11.7. The molecule has 2 saturated heterocycles. The lowest BCUT2D eigenvalue weighted by molar-refractivity contribution is 0.0671. The first-order valence-corrected chi connectivity index (χ1v) is 10.7. The molecule has 1 saturated carbocycles. The standard InChI is InChI=1S/C17H29N3O2S2/c1-2-22-16(21)18-10-8-15(9-11-18)20-12-19(13-24-17(20)23)14-6-4-3-5-7-14/h14-15H,2-13H2,1H3. The molecule has 3 aliphatic rings. The smallest absolute Gasteiger partial charge is 0.409 e. The Morgan fingerprint density at radius 2 is 1.88 bits per heavy atom. The van der Waals surface area contributed by atoms with Crippen molar-refractivity contribution in [2.45, 2.75) is 64.0 Å². The van der Waals surface area contributed by atoms with Gasteiger partial charge in [0.15, 0.2) is 0 Å². The van der Waals surface area contributed by atoms with Gasteiger partial charge in [0.05, 0.1) is 19.2 Å². The summed E-state index contributed by atoms with van der Waals surface area (Å²) < 4.78 is 6.15. The van der Waals surface area contributed by atoms with Crippen LogP contribution in [-0.2, 0) is 4.74 Å². The topological polar surface area (TPSA) is 36.0 Å². The molecule has 3 rings (SSSR count). The number of amides is 1. The molecule has 1 aliphatic carbocycles. The summed E-state index contributed by atoms with van der Waals surface area (Å²) in [5.41, 5.74) is 0. The van der Waals surface area contributed by atoms with Crippen LogP contribution in [0.4, 0.5) is 4.79 Å². The molecule has 0 spiro atoms. The molecule has 3 fully saturated rings. The molecule has 0 aromatic heterocycles. The lowest BCUT2D eigenvalue weighted by Gasteiger charge is -2.46. The summed E-state index contributed by atoms with van der Waals surface area (Å²) in [6, 6.07) is 1.19. The highest BCUT2D eigenvalue weighted by molar-refractivity contribution is 8.22. The fraction of sp³-hybridized carbons (Fsp3) is 0.882. The molecular formula is C17H29N3O2S2. The van der Waals surface area contributed by atoms with Crippen molar-refractivity contribution in [1.82, 2.24) is 14.7 Å². The Balaban J connectivity index is 1.53. The number of hydrogen-bond acceptors (Lipinski definition) is 5. The first-order valence-electron chi connectivity index (χ1n) is 9.28. The highest BCUT2D eigenvalue weighted by atomic mass is 32.2. The number of thiocarbonyl (C=S) groups is 1. The molecule has 2 heterocycles. The molecule has 0 radical (unpaired) electrons. The zero-order valence-corrected chi connectivity index (χ0v) is 16.2. The van der Waals surface area contributed by atoms with Gasteiger partial charge in [-0.15, -0.1) is 0 Å². The maximum absolute atomic E-state index is 11.9. The number of ether oxygens (including phenoxy) is 1. The van der Waals surface area contributed by atoms with Crippen LogP contribution in [0.5, 0.6) is 0 Å². The molecule has 0 bridgehead atoms. The van der Waals surface area contributed by atoms with Crippen LogP contribution in [0.25, 0.3) is 0 Å². The van der Waals surface area contributed by atoms with Gasteiger partial charge < -0.3 is 14.5 Å². The predicted octanol–water partition coefficient (Wildman–Crippen LogP) is 3.49. The number of piperidine rings is 1. The number of carbonyl (C=O) groups is 1. The molecule has 5 nitrogen and oxygen atoms in total. The van der Waals surface area contributed by atoms with Gasteiger partial charge in [-0.25, -0.2) is 4.79 Å². The van der Waals surface area contributed by atoms with Crippen LogP contribution in [-0.4, -0.2) is 69.4 Å². The van der Waals surface area contributed by atoms with Crippen LogP contribution in [0.15, 0.2) is 0 Å². The van der Waals surface area contributed by atoms with Gasteiger partial charge in [-0.2, -0.15) is 0 Å². The summed E-state index contributed by atoms with van der Waals surface area (Å²) in [6.45, 7) is 4.82. The van der Waals surface area contributed by atoms with Crippen molar-refractivity contribution in [2.75, 3.05) is 32.2 Å². The molecular weight excluding hydrogens is 342 g/mol. The minimum atomic E-state index is -0.171. The van der Waals surface area contributed by atoms with Crippen molar-refractivity contribution in [3.05, 3.63) is 0 Å². The van der Waals surface area contributed by atoms with E-state index in [1.807, 2.05) is 23.6 Å². The van der Waals surface area contributed by atoms with Gasteiger partial charge in [0.25, 0.3) is 0 Å². The number of likely N-dealkylation sites (tertiary alicyclic amines) is 1. The van der Waals surface area contributed by atoms with E-state index < -0.39 is 0 Å². The third-order valence-electron chi connectivity index (χ3n) is 5.44. The molecule has 0 aromatic rings. The average molecular weight is 372 g/mol. The molecule has 136 valence electrons. The van der Waals surface area contributed by atoms with Gasteiger partial charge in [0.2, 0.25) is 0 Å². The Hall–Kier alpha value is -0.530. The Morgan fingerprint density at radius 3 is 2.54 bits per heavy atom. The van der Waals surface area contributed by atoms with Crippen LogP contribution >= 0.6 is 24.0 Å². The highest BCUT2D eigenvalue weighted by Gasteiger charge is 2.34. The Kier molecular flexibility index (Phi) is 6.63. The summed E-state index contributed by atoms with van der Waals surface area (Å²) in [6.07, 6.45) is 8.60. The van der Waals surface area contributed by atoms with Gasteiger partial charge in [0.1, 0.15) is 4.32 Å². The van der Waals surface area contributed by atoms with E-state index in [9.17, 15) is 4.79 Å². The van der Waals surface area contributed by atoms with E-state index in [1.54, 1.807) is 0 Å². The van der Waals surface area contributed by atoms with E-state index in [0.717, 1.165) is 48.8 Å². The van der Waals surface area contributed by atoms with E-state index in [2.05, 4.69) is 9.80 Å². The van der Waals surface area contributed by atoms with Gasteiger partial charge in [0, 0.05) is 25.2 Å². The van der Waals surface area contributed by atoms with E-state index in [4.69, 9.17) is 17.0 Å². The third kappa shape index (κ3) is 4.35. The SMILES string of the molecule is CCOC(=O)N1CCC(N2CN(C3CCCCC3)CSC2=S)CC1. The Labute approximate surface area is 155 Å². The van der Waals surface area contributed by atoms with Crippen LogP contribution in [0, 0.1) is 0 Å². The Bertz CT molecular complexity index is 449. The minimum absolute atomic E-state index is 0.171. The number of nitrogens with zero attached hydrogens (tertiary/aromatic N) is 3. The third-order valence-corrected chi connectivity index (χ3v) is 6.97. The minimum Gasteiger partial charge on any atom is -0.450 e. The zero-order valence-electron chi connectivity index (χ0n) is 14.6. The van der Waals surface area contributed by atoms with E-state index in [0.29, 0.717) is 12.6 Å². The lowest BCUT2D eigenvalue weighted by Crippen LogP contribution is -2.55. The number of rotatable bonds is 3. The second kappa shape index (κ2) is 8.72. The molecule has 0 unspecified atom stereocenters. The summed E-state index contributed by atoms with van der Waals surface area (Å²) in [7, 11) is 0. The summed E-state index contributed by atoms with van der Waals surface area (Å²) in [4.78, 5) is 18.7. The maximum Gasteiger partial charge on any atom is 0.409 e. The van der Waals surface area contributed by atoms with Crippen LogP contribution in [0.2, 0.25) is 0 Å². The van der Waals surface area contributed by atoms with Gasteiger partial charge in [-0.1, -0.05) is 43.2 Å². The van der Waals surface area contributed by atoms with Crippen LogP contribution < -0.4 is 0 Å². The van der Waals surface area contributed by atoms with Gasteiger partial charge >= 0.3 is 6.09 Å². The van der Waals surface area contributed by atoms with Crippen molar-refractivity contribution in [3.63, 3.8) is 0 Å². The van der Waals surface area contributed by atoms with Crippen molar-refractivity contribution < 1.29 is 9.53 Å². The zero-order chi connectivity index (χ0) is 16.9. The molecule has 0 N–H and O–H groups in total. The number of hydrogen-bond donors (Lipinski definition) is 0. The fourth-order valence-corrected chi connectivity index (χ4v) is 5.33. The van der Waals surface area contributed by atoms with Crippen molar-refractivity contribution in [3.8, 4) is 0 Å². The largest absolute Gasteiger partial charge is 0.450 e. The predicted molar refractivity (Wildman–Crippen MR) is 102 cm³/mol. The average Bonchev–Trinajstić information content (AvgIpc) is 2.63. The molecule has 1 amide bonds. The monoisotopic (exact) mass is 371 g/mol. The Morgan fingerprint density at radius 1 is 1.17 bits per heavy atom. The van der Waals surface area contributed by atoms with Crippen LogP contribution in [0.1, 0.15) is 51.9 Å². The quantitative estimate of drug-likeness (QED) is 0.707. The van der Waals surface area contributed by atoms with Crippen molar-refractivity contribution in [1.29, 1.82) is 0 Å². The van der Waals surface area contributed by atoms with E-state index in [1.165, 1.54) is 32.1 Å². The lowest BCUT2D eigenvalue weighted by atomic mass is 9.94. The summed E-state index contributed by atoms with van der Waals surface area (Å²) in [5.74, 6) is 1.04. The molecule has 7 heteroatoms.